The lowest BCUT2D eigenvalue weighted by Crippen LogP contribution is -1.97. The summed E-state index contributed by atoms with van der Waals surface area (Å²) in [6, 6.07) is 35.6. The van der Waals surface area contributed by atoms with E-state index in [1.165, 1.54) is 0 Å². The van der Waals surface area contributed by atoms with E-state index < -0.39 is 6.37 Å². The number of benzene rings is 4. The molecule has 0 bridgehead atoms. The first-order valence-corrected chi connectivity index (χ1v) is 11.6. The minimum Gasteiger partial charge on any atom is -0.299 e. The van der Waals surface area contributed by atoms with E-state index in [4.69, 9.17) is 0 Å². The first-order chi connectivity index (χ1) is 18.1. The van der Waals surface area contributed by atoms with E-state index in [1.807, 2.05) is 102 Å². The minimum atomic E-state index is -1.72. The summed E-state index contributed by atoms with van der Waals surface area (Å²) in [5.41, 5.74) is 5.92. The summed E-state index contributed by atoms with van der Waals surface area (Å²) in [5, 5.41) is 2.18. The average molecular weight is 453 g/mol. The molecule has 4 aromatic carbocycles. The zero-order valence-corrected chi connectivity index (χ0v) is 18.8. The van der Waals surface area contributed by atoms with Gasteiger partial charge in [0.05, 0.1) is 22.1 Å². The summed E-state index contributed by atoms with van der Waals surface area (Å²) in [5.74, 6) is 0.806. The molecule has 35 heavy (non-hydrogen) atoms. The fourth-order valence-electron chi connectivity index (χ4n) is 4.85. The lowest BCUT2D eigenvalue weighted by Gasteiger charge is -2.09. The van der Waals surface area contributed by atoms with E-state index in [-0.39, 0.29) is 0 Å². The predicted octanol–water partition coefficient (Wildman–Crippen LogP) is 7.11. The van der Waals surface area contributed by atoms with Gasteiger partial charge in [-0.2, -0.15) is 0 Å². The second-order valence-corrected chi connectivity index (χ2v) is 8.55. The molecule has 0 amide bonds. The van der Waals surface area contributed by atoms with Crippen molar-refractivity contribution in [3.05, 3.63) is 133 Å². The van der Waals surface area contributed by atoms with E-state index in [0.29, 0.717) is 11.1 Å². The van der Waals surface area contributed by atoms with E-state index in [2.05, 4.69) is 26.7 Å². The van der Waals surface area contributed by atoms with Crippen LogP contribution in [0.3, 0.4) is 0 Å². The topological polar surface area (TPSA) is 35.6 Å². The van der Waals surface area contributed by atoms with Gasteiger partial charge in [-0.1, -0.05) is 60.7 Å². The SMILES string of the molecule is [2H]C([2H])(c1cccc(-n2cnc3ccccc32)c1)c1ccc2c3ccccc3n(-c3ccccn3)c2c1. The molecule has 7 rings (SSSR count). The van der Waals surface area contributed by atoms with Crippen LogP contribution < -0.4 is 0 Å². The van der Waals surface area contributed by atoms with Gasteiger partial charge >= 0.3 is 0 Å². The van der Waals surface area contributed by atoms with Gasteiger partial charge in [-0.15, -0.1) is 0 Å². The highest BCUT2D eigenvalue weighted by Crippen LogP contribution is 2.32. The molecule has 0 N–H and O–H groups in total. The van der Waals surface area contributed by atoms with Crippen LogP contribution in [0.1, 0.15) is 13.9 Å². The van der Waals surface area contributed by atoms with Crippen molar-refractivity contribution in [2.45, 2.75) is 6.37 Å². The fourth-order valence-corrected chi connectivity index (χ4v) is 4.85. The third-order valence-corrected chi connectivity index (χ3v) is 6.42. The van der Waals surface area contributed by atoms with Gasteiger partial charge in [0.25, 0.3) is 0 Å². The number of nitrogens with zero attached hydrogens (tertiary/aromatic N) is 4. The number of rotatable bonds is 4. The Kier molecular flexibility index (Phi) is 4.03. The van der Waals surface area contributed by atoms with Crippen LogP contribution >= 0.6 is 0 Å². The number of para-hydroxylation sites is 3. The lowest BCUT2D eigenvalue weighted by atomic mass is 10.0. The Balaban J connectivity index is 1.40. The summed E-state index contributed by atoms with van der Waals surface area (Å²) in [7, 11) is 0. The maximum atomic E-state index is 9.20. The lowest BCUT2D eigenvalue weighted by molar-refractivity contribution is 1.07. The highest BCUT2D eigenvalue weighted by atomic mass is 15.1. The zero-order chi connectivity index (χ0) is 25.0. The Bertz CT molecular complexity index is 1920. The molecule has 0 aliphatic heterocycles. The number of aromatic nitrogens is 4. The summed E-state index contributed by atoms with van der Waals surface area (Å²) in [6.45, 7) is 0. The van der Waals surface area contributed by atoms with Crippen LogP contribution in [0.15, 0.2) is 122 Å². The molecule has 0 aliphatic rings. The van der Waals surface area contributed by atoms with Crippen LogP contribution in [0.2, 0.25) is 0 Å². The molecule has 0 saturated carbocycles. The molecule has 4 heteroatoms. The van der Waals surface area contributed by atoms with Gasteiger partial charge in [0.15, 0.2) is 0 Å². The number of hydrogen-bond acceptors (Lipinski definition) is 2. The van der Waals surface area contributed by atoms with E-state index in [1.54, 1.807) is 12.5 Å². The summed E-state index contributed by atoms with van der Waals surface area (Å²) < 4.78 is 22.5. The molecule has 7 aromatic rings. The molecule has 0 atom stereocenters. The Morgan fingerprint density at radius 2 is 1.43 bits per heavy atom. The molecule has 0 radical (unpaired) electrons. The Morgan fingerprint density at radius 1 is 0.629 bits per heavy atom. The summed E-state index contributed by atoms with van der Waals surface area (Å²) in [4.78, 5) is 9.10. The van der Waals surface area contributed by atoms with Crippen molar-refractivity contribution in [3.8, 4) is 11.5 Å². The van der Waals surface area contributed by atoms with Crippen LogP contribution in [0.5, 0.6) is 0 Å². The predicted molar refractivity (Wildman–Crippen MR) is 142 cm³/mol. The molecular formula is C31H22N4. The first kappa shape index (κ1) is 17.7. The number of fused-ring (bicyclic) bond motifs is 4. The minimum absolute atomic E-state index is 0.586. The molecule has 0 fully saturated rings. The summed E-state index contributed by atoms with van der Waals surface area (Å²) >= 11 is 0. The van der Waals surface area contributed by atoms with Gasteiger partial charge in [-0.05, 0) is 66.0 Å². The van der Waals surface area contributed by atoms with Crippen LogP contribution in [-0.4, -0.2) is 19.1 Å². The van der Waals surface area contributed by atoms with Gasteiger partial charge < -0.3 is 0 Å². The molecular weight excluding hydrogens is 428 g/mol. The monoisotopic (exact) mass is 452 g/mol. The normalized spacial score (nSPS) is 12.8. The molecule has 3 aromatic heterocycles. The van der Waals surface area contributed by atoms with Gasteiger partial charge in [0.2, 0.25) is 0 Å². The van der Waals surface area contributed by atoms with Crippen LogP contribution in [0.4, 0.5) is 0 Å². The van der Waals surface area contributed by atoms with Crippen molar-refractivity contribution >= 4 is 32.8 Å². The molecule has 4 nitrogen and oxygen atoms in total. The zero-order valence-electron chi connectivity index (χ0n) is 20.8. The van der Waals surface area contributed by atoms with Gasteiger partial charge in [0, 0.05) is 25.4 Å². The van der Waals surface area contributed by atoms with Gasteiger partial charge in [-0.3, -0.25) is 9.13 Å². The molecule has 3 heterocycles. The Hall–Kier alpha value is -4.70. The third kappa shape index (κ3) is 3.30. The van der Waals surface area contributed by atoms with E-state index in [9.17, 15) is 2.74 Å². The van der Waals surface area contributed by atoms with Crippen molar-refractivity contribution in [2.24, 2.45) is 0 Å². The number of imidazole rings is 1. The molecule has 0 aliphatic carbocycles. The quantitative estimate of drug-likeness (QED) is 0.285. The number of hydrogen-bond donors (Lipinski definition) is 0. The van der Waals surface area contributed by atoms with Crippen LogP contribution in [0, 0.1) is 0 Å². The highest BCUT2D eigenvalue weighted by Gasteiger charge is 2.13. The van der Waals surface area contributed by atoms with Crippen molar-refractivity contribution < 1.29 is 2.74 Å². The average Bonchev–Trinajstić information content (AvgIpc) is 3.53. The van der Waals surface area contributed by atoms with Gasteiger partial charge in [-0.25, -0.2) is 9.97 Å². The molecule has 0 saturated heterocycles. The molecule has 0 unspecified atom stereocenters. The first-order valence-electron chi connectivity index (χ1n) is 12.6. The van der Waals surface area contributed by atoms with E-state index in [0.717, 1.165) is 44.3 Å². The Labute approximate surface area is 205 Å². The molecule has 0 spiro atoms. The fraction of sp³-hybridized carbons (Fsp3) is 0.0323. The second-order valence-electron chi connectivity index (χ2n) is 8.55. The maximum absolute atomic E-state index is 9.20. The van der Waals surface area contributed by atoms with Crippen molar-refractivity contribution in [1.82, 2.24) is 19.1 Å². The van der Waals surface area contributed by atoms with Crippen molar-refractivity contribution in [3.63, 3.8) is 0 Å². The van der Waals surface area contributed by atoms with E-state index >= 15 is 0 Å². The van der Waals surface area contributed by atoms with Crippen LogP contribution in [0.25, 0.3) is 44.3 Å². The van der Waals surface area contributed by atoms with Crippen LogP contribution in [-0.2, 0) is 6.37 Å². The van der Waals surface area contributed by atoms with Crippen molar-refractivity contribution in [2.75, 3.05) is 0 Å². The second kappa shape index (κ2) is 7.96. The maximum Gasteiger partial charge on any atom is 0.137 e. The van der Waals surface area contributed by atoms with Gasteiger partial charge in [0.1, 0.15) is 12.1 Å². The highest BCUT2D eigenvalue weighted by molar-refractivity contribution is 6.09. The van der Waals surface area contributed by atoms with Crippen molar-refractivity contribution in [1.29, 1.82) is 0 Å². The Morgan fingerprint density at radius 3 is 2.34 bits per heavy atom. The smallest absolute Gasteiger partial charge is 0.137 e. The standard InChI is InChI=1S/C31H22N4/c1-3-12-28-25(10-1)26-16-15-23(20-30(26)35(28)31-14-5-6-17-32-31)18-22-8-7-9-24(19-22)34-21-33-27-11-2-4-13-29(27)34/h1-17,19-21H,18H2/i18D2. The molecule has 166 valence electrons. The third-order valence-electron chi connectivity index (χ3n) is 6.42. The number of pyridine rings is 1. The largest absolute Gasteiger partial charge is 0.299 e. The summed E-state index contributed by atoms with van der Waals surface area (Å²) in [6.07, 6.45) is 1.85.